The van der Waals surface area contributed by atoms with Crippen LogP contribution in [0.2, 0.25) is 0 Å². The fourth-order valence-electron chi connectivity index (χ4n) is 2.76. The van der Waals surface area contributed by atoms with Gasteiger partial charge >= 0.3 is 5.97 Å². The number of methoxy groups -OCH3 is 1. The van der Waals surface area contributed by atoms with Crippen molar-refractivity contribution >= 4 is 29.2 Å². The summed E-state index contributed by atoms with van der Waals surface area (Å²) in [4.78, 5) is 36.7. The number of pyridine rings is 2. The second-order valence-corrected chi connectivity index (χ2v) is 5.42. The van der Waals surface area contributed by atoms with Gasteiger partial charge in [-0.15, -0.1) is 0 Å². The lowest BCUT2D eigenvalue weighted by atomic mass is 10.1. The van der Waals surface area contributed by atoms with Crippen LogP contribution in [-0.4, -0.2) is 42.5 Å². The van der Waals surface area contributed by atoms with E-state index in [0.717, 1.165) is 5.69 Å². The van der Waals surface area contributed by atoms with E-state index >= 15 is 0 Å². The molecular weight excluding hydrogens is 308 g/mol. The largest absolute Gasteiger partial charge is 0.469 e. The normalized spacial score (nSPS) is 13.2. The highest BCUT2D eigenvalue weighted by Gasteiger charge is 2.30. The third-order valence-corrected chi connectivity index (χ3v) is 3.99. The van der Waals surface area contributed by atoms with Crippen LogP contribution in [0.3, 0.4) is 0 Å². The van der Waals surface area contributed by atoms with Crippen molar-refractivity contribution < 1.29 is 14.3 Å². The van der Waals surface area contributed by atoms with Gasteiger partial charge in [0.15, 0.2) is 5.82 Å². The number of carbonyl (C=O) groups excluding carboxylic acids is 2. The van der Waals surface area contributed by atoms with E-state index in [-0.39, 0.29) is 18.3 Å². The van der Waals surface area contributed by atoms with Crippen molar-refractivity contribution in [3.63, 3.8) is 0 Å². The van der Waals surface area contributed by atoms with E-state index in [1.807, 2.05) is 17.9 Å². The van der Waals surface area contributed by atoms with Crippen LogP contribution in [0.5, 0.6) is 0 Å². The van der Waals surface area contributed by atoms with Gasteiger partial charge in [0.2, 0.25) is 0 Å². The molecule has 7 heteroatoms. The minimum Gasteiger partial charge on any atom is -0.469 e. The lowest BCUT2D eigenvalue weighted by Gasteiger charge is -2.22. The number of rotatable bonds is 3. The number of carbonyl (C=O) groups is 2. The number of aromatic nitrogens is 2. The van der Waals surface area contributed by atoms with Gasteiger partial charge in [0.25, 0.3) is 5.91 Å². The first kappa shape index (κ1) is 15.9. The predicted molar refractivity (Wildman–Crippen MR) is 89.6 cm³/mol. The molecule has 0 aliphatic carbocycles. The molecule has 0 unspecified atom stereocenters. The molecule has 0 saturated carbocycles. The van der Waals surface area contributed by atoms with E-state index in [1.165, 1.54) is 7.11 Å². The molecule has 1 amide bonds. The van der Waals surface area contributed by atoms with Crippen LogP contribution in [-0.2, 0) is 16.0 Å². The average Bonchev–Trinajstić information content (AvgIpc) is 2.70. The second kappa shape index (κ2) is 6.27. The zero-order valence-corrected chi connectivity index (χ0v) is 13.8. The fourth-order valence-corrected chi connectivity index (χ4v) is 2.76. The summed E-state index contributed by atoms with van der Waals surface area (Å²) in [6.07, 6.45) is 3.36. The van der Waals surface area contributed by atoms with E-state index in [9.17, 15) is 9.59 Å². The summed E-state index contributed by atoms with van der Waals surface area (Å²) < 4.78 is 4.68. The molecule has 7 nitrogen and oxygen atoms in total. The predicted octanol–water partition coefficient (Wildman–Crippen LogP) is 1.94. The van der Waals surface area contributed by atoms with Gasteiger partial charge in [-0.3, -0.25) is 9.59 Å². The second-order valence-electron chi connectivity index (χ2n) is 5.42. The Labute approximate surface area is 139 Å². The first-order chi connectivity index (χ1) is 11.6. The van der Waals surface area contributed by atoms with Crippen LogP contribution < -0.4 is 9.80 Å². The van der Waals surface area contributed by atoms with Gasteiger partial charge in [0.05, 0.1) is 24.8 Å². The van der Waals surface area contributed by atoms with Crippen LogP contribution in [0.4, 0.5) is 17.3 Å². The third kappa shape index (κ3) is 2.58. The Bertz CT molecular complexity index is 806. The van der Waals surface area contributed by atoms with Gasteiger partial charge in [-0.2, -0.15) is 0 Å². The van der Waals surface area contributed by atoms with Gasteiger partial charge in [0, 0.05) is 26.0 Å². The standard InChI is InChI=1S/C17H18N4O3/c1-4-21-15-12(8-11(10-19-15)9-14(22)24-3)17(23)20(2)13-6-5-7-18-16(13)21/h5-8,10H,4,9H2,1-3H3. The molecule has 0 N–H and O–H groups in total. The maximum atomic E-state index is 12.9. The monoisotopic (exact) mass is 326 g/mol. The van der Waals surface area contributed by atoms with Crippen LogP contribution >= 0.6 is 0 Å². The summed E-state index contributed by atoms with van der Waals surface area (Å²) in [5.74, 6) is 0.668. The first-order valence-electron chi connectivity index (χ1n) is 7.63. The number of fused-ring (bicyclic) bond motifs is 2. The Hall–Kier alpha value is -2.96. The minimum absolute atomic E-state index is 0.0745. The number of ether oxygens (including phenoxy) is 1. The van der Waals surface area contributed by atoms with Gasteiger partial charge in [-0.05, 0) is 30.7 Å². The van der Waals surface area contributed by atoms with Gasteiger partial charge in [-0.25, -0.2) is 9.97 Å². The van der Waals surface area contributed by atoms with Gasteiger partial charge in [-0.1, -0.05) is 0 Å². The van der Waals surface area contributed by atoms with Crippen molar-refractivity contribution in [2.24, 2.45) is 0 Å². The van der Waals surface area contributed by atoms with Crippen molar-refractivity contribution in [2.45, 2.75) is 13.3 Å². The van der Waals surface area contributed by atoms with E-state index in [4.69, 9.17) is 0 Å². The number of nitrogens with zero attached hydrogens (tertiary/aromatic N) is 4. The number of esters is 1. The van der Waals surface area contributed by atoms with E-state index in [0.29, 0.717) is 29.3 Å². The first-order valence-corrected chi connectivity index (χ1v) is 7.63. The summed E-state index contributed by atoms with van der Waals surface area (Å²) >= 11 is 0. The zero-order valence-electron chi connectivity index (χ0n) is 13.8. The van der Waals surface area contributed by atoms with Crippen LogP contribution in [0.25, 0.3) is 0 Å². The van der Waals surface area contributed by atoms with Crippen LogP contribution in [0.15, 0.2) is 30.6 Å². The van der Waals surface area contributed by atoms with Crippen molar-refractivity contribution in [1.29, 1.82) is 0 Å². The Morgan fingerprint density at radius 2 is 2.08 bits per heavy atom. The third-order valence-electron chi connectivity index (χ3n) is 3.99. The van der Waals surface area contributed by atoms with E-state index in [2.05, 4.69) is 14.7 Å². The fraction of sp³-hybridized carbons (Fsp3) is 0.294. The van der Waals surface area contributed by atoms with Crippen molar-refractivity contribution in [3.05, 3.63) is 41.7 Å². The molecule has 1 aliphatic heterocycles. The summed E-state index contributed by atoms with van der Waals surface area (Å²) in [5.41, 5.74) is 1.80. The molecular formula is C17H18N4O3. The molecule has 0 fully saturated rings. The van der Waals surface area contributed by atoms with Crippen molar-refractivity contribution in [3.8, 4) is 0 Å². The summed E-state index contributed by atoms with van der Waals surface area (Å²) in [7, 11) is 3.04. The Kier molecular flexibility index (Phi) is 4.16. The van der Waals surface area contributed by atoms with Crippen LogP contribution in [0, 0.1) is 0 Å². The zero-order chi connectivity index (χ0) is 17.3. The Balaban J connectivity index is 2.14. The number of hydrogen-bond acceptors (Lipinski definition) is 6. The number of hydrogen-bond donors (Lipinski definition) is 0. The quantitative estimate of drug-likeness (QED) is 0.802. The van der Waals surface area contributed by atoms with Crippen molar-refractivity contribution in [1.82, 2.24) is 9.97 Å². The highest BCUT2D eigenvalue weighted by atomic mass is 16.5. The number of amides is 1. The Morgan fingerprint density at radius 3 is 2.79 bits per heavy atom. The molecule has 24 heavy (non-hydrogen) atoms. The lowest BCUT2D eigenvalue weighted by molar-refractivity contribution is -0.139. The molecule has 3 heterocycles. The highest BCUT2D eigenvalue weighted by Crippen LogP contribution is 2.37. The number of anilines is 3. The molecule has 3 rings (SSSR count). The Morgan fingerprint density at radius 1 is 1.29 bits per heavy atom. The average molecular weight is 326 g/mol. The molecule has 2 aromatic rings. The molecule has 0 spiro atoms. The minimum atomic E-state index is -0.372. The lowest BCUT2D eigenvalue weighted by Crippen LogP contribution is -2.25. The SMILES string of the molecule is CCN1c2ncc(CC(=O)OC)cc2C(=O)N(C)c2cccnc21. The molecule has 0 atom stereocenters. The molecule has 0 saturated heterocycles. The smallest absolute Gasteiger partial charge is 0.310 e. The maximum absolute atomic E-state index is 12.9. The van der Waals surface area contributed by atoms with Gasteiger partial charge < -0.3 is 14.5 Å². The van der Waals surface area contributed by atoms with E-state index < -0.39 is 0 Å². The summed E-state index contributed by atoms with van der Waals surface area (Å²) in [6.45, 7) is 2.59. The molecule has 0 aromatic carbocycles. The molecule has 2 aromatic heterocycles. The van der Waals surface area contributed by atoms with Crippen molar-refractivity contribution in [2.75, 3.05) is 30.5 Å². The topological polar surface area (TPSA) is 75.6 Å². The van der Waals surface area contributed by atoms with Gasteiger partial charge in [0.1, 0.15) is 5.82 Å². The van der Waals surface area contributed by atoms with E-state index in [1.54, 1.807) is 36.5 Å². The molecule has 0 bridgehead atoms. The highest BCUT2D eigenvalue weighted by molar-refractivity contribution is 6.12. The molecule has 1 aliphatic rings. The summed E-state index contributed by atoms with van der Waals surface area (Å²) in [5, 5.41) is 0. The molecule has 124 valence electrons. The summed E-state index contributed by atoms with van der Waals surface area (Å²) in [6, 6.07) is 5.35. The maximum Gasteiger partial charge on any atom is 0.310 e. The van der Waals surface area contributed by atoms with Crippen LogP contribution in [0.1, 0.15) is 22.8 Å². The molecule has 0 radical (unpaired) electrons.